The molecule has 7 nitrogen and oxygen atoms in total. The molecule has 0 fully saturated rings. The Morgan fingerprint density at radius 2 is 1.79 bits per heavy atom. The van der Waals surface area contributed by atoms with Crippen LogP contribution < -0.4 is 16.2 Å². The number of thioether (sulfide) groups is 1. The molecule has 174 valence electrons. The molecule has 4 rings (SSSR count). The molecule has 9 heteroatoms. The number of nitrogens with one attached hydrogen (secondary N) is 2. The van der Waals surface area contributed by atoms with Gasteiger partial charge in [0.2, 0.25) is 11.8 Å². The number of thiophene rings is 1. The predicted molar refractivity (Wildman–Crippen MR) is 140 cm³/mol. The summed E-state index contributed by atoms with van der Waals surface area (Å²) in [6.07, 6.45) is 0. The van der Waals surface area contributed by atoms with Crippen LogP contribution in [0.15, 0.2) is 57.8 Å². The standard InChI is InChI=1S/C25H24N4O3S2/c1-14-8-9-17(10-15(14)2)20-12-33-23-22(20)24(32)29(4)25(28-23)34-13-21(31)27-19-7-5-6-18(11-19)26-16(3)30/h5-12H,13H2,1-4H3,(H,26,30)(H,27,31). The van der Waals surface area contributed by atoms with Gasteiger partial charge in [0.1, 0.15) is 4.83 Å². The monoisotopic (exact) mass is 492 g/mol. The van der Waals surface area contributed by atoms with E-state index in [0.717, 1.165) is 11.1 Å². The molecule has 0 bridgehead atoms. The van der Waals surface area contributed by atoms with E-state index < -0.39 is 0 Å². The lowest BCUT2D eigenvalue weighted by atomic mass is 10.0. The van der Waals surface area contributed by atoms with Crippen LogP contribution in [0, 0.1) is 13.8 Å². The molecule has 0 saturated heterocycles. The molecule has 2 heterocycles. The fourth-order valence-corrected chi connectivity index (χ4v) is 5.27. The first kappa shape index (κ1) is 23.7. The number of aromatic nitrogens is 2. The van der Waals surface area contributed by atoms with Crippen LogP contribution in [0.2, 0.25) is 0 Å². The first-order valence-corrected chi connectivity index (χ1v) is 12.5. The highest BCUT2D eigenvalue weighted by atomic mass is 32.2. The number of aryl methyl sites for hydroxylation is 2. The highest BCUT2D eigenvalue weighted by Crippen LogP contribution is 2.33. The van der Waals surface area contributed by atoms with Crippen molar-refractivity contribution >= 4 is 56.5 Å². The molecule has 0 unspecified atom stereocenters. The van der Waals surface area contributed by atoms with E-state index in [1.165, 1.54) is 45.7 Å². The maximum Gasteiger partial charge on any atom is 0.263 e. The number of fused-ring (bicyclic) bond motifs is 1. The molecule has 2 aromatic carbocycles. The van der Waals surface area contributed by atoms with Crippen LogP contribution >= 0.6 is 23.1 Å². The van der Waals surface area contributed by atoms with E-state index in [9.17, 15) is 14.4 Å². The molecule has 0 aliphatic rings. The molecule has 0 radical (unpaired) electrons. The van der Waals surface area contributed by atoms with E-state index in [4.69, 9.17) is 0 Å². The molecule has 0 atom stereocenters. The van der Waals surface area contributed by atoms with Crippen molar-refractivity contribution in [3.63, 3.8) is 0 Å². The van der Waals surface area contributed by atoms with Gasteiger partial charge < -0.3 is 10.6 Å². The van der Waals surface area contributed by atoms with Gasteiger partial charge in [-0.15, -0.1) is 11.3 Å². The van der Waals surface area contributed by atoms with Gasteiger partial charge >= 0.3 is 0 Å². The van der Waals surface area contributed by atoms with Crippen LogP contribution in [0.3, 0.4) is 0 Å². The normalized spacial score (nSPS) is 10.9. The van der Waals surface area contributed by atoms with Crippen LogP contribution in [0.5, 0.6) is 0 Å². The van der Waals surface area contributed by atoms with Gasteiger partial charge in [0, 0.05) is 36.3 Å². The van der Waals surface area contributed by atoms with Gasteiger partial charge in [-0.1, -0.05) is 36.0 Å². The van der Waals surface area contributed by atoms with Crippen molar-refractivity contribution in [1.82, 2.24) is 9.55 Å². The van der Waals surface area contributed by atoms with Crippen molar-refractivity contribution in [2.75, 3.05) is 16.4 Å². The van der Waals surface area contributed by atoms with Gasteiger partial charge in [0.15, 0.2) is 5.16 Å². The van der Waals surface area contributed by atoms with E-state index in [0.29, 0.717) is 26.7 Å². The smallest absolute Gasteiger partial charge is 0.263 e. The van der Waals surface area contributed by atoms with E-state index in [1.807, 2.05) is 11.4 Å². The number of carbonyl (C=O) groups is 2. The zero-order valence-corrected chi connectivity index (χ0v) is 20.9. The van der Waals surface area contributed by atoms with Gasteiger partial charge in [0.05, 0.1) is 11.1 Å². The van der Waals surface area contributed by atoms with Gasteiger partial charge in [-0.05, 0) is 48.7 Å². The second-order valence-electron chi connectivity index (χ2n) is 7.99. The van der Waals surface area contributed by atoms with Crippen LogP contribution in [0.25, 0.3) is 21.3 Å². The summed E-state index contributed by atoms with van der Waals surface area (Å²) < 4.78 is 1.49. The lowest BCUT2D eigenvalue weighted by molar-refractivity contribution is -0.114. The Hall–Kier alpha value is -3.43. The van der Waals surface area contributed by atoms with Crippen molar-refractivity contribution in [3.8, 4) is 11.1 Å². The molecule has 0 aliphatic heterocycles. The van der Waals surface area contributed by atoms with Gasteiger partial charge in [-0.3, -0.25) is 19.0 Å². The lowest BCUT2D eigenvalue weighted by Crippen LogP contribution is -2.21. The summed E-state index contributed by atoms with van der Waals surface area (Å²) in [6, 6.07) is 13.1. The fraction of sp³-hybridized carbons (Fsp3) is 0.200. The summed E-state index contributed by atoms with van der Waals surface area (Å²) >= 11 is 2.63. The van der Waals surface area contributed by atoms with Crippen molar-refractivity contribution in [1.29, 1.82) is 0 Å². The van der Waals surface area contributed by atoms with E-state index in [2.05, 4.69) is 41.6 Å². The number of benzene rings is 2. The zero-order chi connectivity index (χ0) is 24.4. The summed E-state index contributed by atoms with van der Waals surface area (Å²) in [4.78, 5) is 42.2. The summed E-state index contributed by atoms with van der Waals surface area (Å²) in [6.45, 7) is 5.54. The first-order valence-electron chi connectivity index (χ1n) is 10.6. The average molecular weight is 493 g/mol. The van der Waals surface area contributed by atoms with Crippen LogP contribution in [0.4, 0.5) is 11.4 Å². The minimum atomic E-state index is -0.235. The topological polar surface area (TPSA) is 93.1 Å². The number of amides is 2. The SMILES string of the molecule is CC(=O)Nc1cccc(NC(=O)CSc2nc3scc(-c4ccc(C)c(C)c4)c3c(=O)n2C)c1. The molecule has 34 heavy (non-hydrogen) atoms. The first-order chi connectivity index (χ1) is 16.2. The van der Waals surface area contributed by atoms with Crippen molar-refractivity contribution < 1.29 is 9.59 Å². The number of hydrogen-bond donors (Lipinski definition) is 2. The highest BCUT2D eigenvalue weighted by Gasteiger charge is 2.17. The molecule has 4 aromatic rings. The van der Waals surface area contributed by atoms with Gasteiger partial charge in [-0.2, -0.15) is 0 Å². The Kier molecular flexibility index (Phi) is 6.85. The third kappa shape index (κ3) is 5.05. The summed E-state index contributed by atoms with van der Waals surface area (Å²) in [5.74, 6) is -0.331. The van der Waals surface area contributed by atoms with Crippen molar-refractivity contribution in [2.24, 2.45) is 7.05 Å². The molecular formula is C25H24N4O3S2. The second kappa shape index (κ2) is 9.82. The molecule has 0 saturated carbocycles. The van der Waals surface area contributed by atoms with Gasteiger partial charge in [-0.25, -0.2) is 4.98 Å². The van der Waals surface area contributed by atoms with Gasteiger partial charge in [0.25, 0.3) is 5.56 Å². The Morgan fingerprint density at radius 3 is 2.50 bits per heavy atom. The number of nitrogens with zero attached hydrogens (tertiary/aromatic N) is 2. The minimum absolute atomic E-state index is 0.0888. The molecule has 2 amide bonds. The molecular weight excluding hydrogens is 468 g/mol. The van der Waals surface area contributed by atoms with Crippen LogP contribution in [-0.4, -0.2) is 27.1 Å². The number of carbonyl (C=O) groups excluding carboxylic acids is 2. The Labute approximate surface area is 205 Å². The predicted octanol–water partition coefficient (Wildman–Crippen LogP) is 4.97. The third-order valence-corrected chi connectivity index (χ3v) is 7.29. The Balaban J connectivity index is 1.52. The Bertz CT molecular complexity index is 1470. The average Bonchev–Trinajstić information content (AvgIpc) is 3.21. The Morgan fingerprint density at radius 1 is 1.06 bits per heavy atom. The molecule has 0 aliphatic carbocycles. The van der Waals surface area contributed by atoms with E-state index in [1.54, 1.807) is 31.3 Å². The summed E-state index contributed by atoms with van der Waals surface area (Å²) in [5.41, 5.74) is 5.29. The van der Waals surface area contributed by atoms with Crippen LogP contribution in [0.1, 0.15) is 18.1 Å². The zero-order valence-electron chi connectivity index (χ0n) is 19.3. The summed E-state index contributed by atoms with van der Waals surface area (Å²) in [7, 11) is 1.67. The molecule has 0 spiro atoms. The summed E-state index contributed by atoms with van der Waals surface area (Å²) in [5, 5.41) is 8.53. The molecule has 2 aromatic heterocycles. The maximum atomic E-state index is 13.2. The van der Waals surface area contributed by atoms with Crippen molar-refractivity contribution in [2.45, 2.75) is 25.9 Å². The van der Waals surface area contributed by atoms with Crippen molar-refractivity contribution in [3.05, 3.63) is 69.3 Å². The number of anilines is 2. The highest BCUT2D eigenvalue weighted by molar-refractivity contribution is 7.99. The minimum Gasteiger partial charge on any atom is -0.326 e. The van der Waals surface area contributed by atoms with E-state index >= 15 is 0 Å². The van der Waals surface area contributed by atoms with Crippen LogP contribution in [-0.2, 0) is 16.6 Å². The van der Waals surface area contributed by atoms with E-state index in [-0.39, 0.29) is 23.1 Å². The largest absolute Gasteiger partial charge is 0.326 e. The maximum absolute atomic E-state index is 13.2. The fourth-order valence-electron chi connectivity index (χ4n) is 3.51. The third-order valence-electron chi connectivity index (χ3n) is 5.39. The number of rotatable bonds is 6. The second-order valence-corrected chi connectivity index (χ2v) is 9.79. The number of hydrogen-bond acceptors (Lipinski definition) is 6. The molecule has 2 N–H and O–H groups in total. The quantitative estimate of drug-likeness (QED) is 0.293. The lowest BCUT2D eigenvalue weighted by Gasteiger charge is -2.10.